The van der Waals surface area contributed by atoms with Crippen LogP contribution in [0.2, 0.25) is 0 Å². The Balaban J connectivity index is 1.88. The molecule has 2 saturated heterocycles. The molecule has 4 heteroatoms. The van der Waals surface area contributed by atoms with Crippen molar-refractivity contribution in [2.24, 2.45) is 0 Å². The lowest BCUT2D eigenvalue weighted by Gasteiger charge is -2.31. The van der Waals surface area contributed by atoms with Crippen LogP contribution in [0, 0.1) is 0 Å². The molecule has 14 heavy (non-hydrogen) atoms. The molecular weight excluding hydrogens is 183 g/mol. The van der Waals surface area contributed by atoms with E-state index in [1.165, 1.54) is 6.42 Å². The maximum atomic E-state index is 13.7. The number of piperidine rings is 1. The lowest BCUT2D eigenvalue weighted by molar-refractivity contribution is 0.0690. The molecular formula is C10H19FN2O. The number of nitrogens with zero attached hydrogens (tertiary/aromatic N) is 1. The highest BCUT2D eigenvalue weighted by atomic mass is 19.1. The van der Waals surface area contributed by atoms with Crippen molar-refractivity contribution in [3.63, 3.8) is 0 Å². The molecule has 0 saturated carbocycles. The van der Waals surface area contributed by atoms with Gasteiger partial charge in [0.1, 0.15) is 5.67 Å². The molecule has 82 valence electrons. The van der Waals surface area contributed by atoms with E-state index in [0.29, 0.717) is 19.0 Å². The van der Waals surface area contributed by atoms with Gasteiger partial charge in [-0.1, -0.05) is 0 Å². The Morgan fingerprint density at radius 1 is 1.57 bits per heavy atom. The minimum Gasteiger partial charge on any atom is -0.393 e. The van der Waals surface area contributed by atoms with Crippen molar-refractivity contribution < 1.29 is 9.50 Å². The van der Waals surface area contributed by atoms with Gasteiger partial charge in [0, 0.05) is 25.7 Å². The first-order chi connectivity index (χ1) is 6.73. The van der Waals surface area contributed by atoms with Crippen LogP contribution in [0.15, 0.2) is 0 Å². The van der Waals surface area contributed by atoms with Crippen molar-refractivity contribution in [2.45, 2.75) is 31.0 Å². The van der Waals surface area contributed by atoms with Gasteiger partial charge in [0.15, 0.2) is 0 Å². The summed E-state index contributed by atoms with van der Waals surface area (Å²) in [6.45, 7) is 2.94. The molecule has 0 spiro atoms. The normalized spacial score (nSPS) is 40.3. The van der Waals surface area contributed by atoms with Gasteiger partial charge in [0.25, 0.3) is 0 Å². The molecule has 0 amide bonds. The lowest BCUT2D eigenvalue weighted by Crippen LogP contribution is -2.46. The fourth-order valence-corrected chi connectivity index (χ4v) is 2.45. The van der Waals surface area contributed by atoms with Gasteiger partial charge < -0.3 is 10.4 Å². The molecule has 2 N–H and O–H groups in total. The van der Waals surface area contributed by atoms with Gasteiger partial charge in [-0.2, -0.15) is 0 Å². The highest BCUT2D eigenvalue weighted by molar-refractivity contribution is 4.94. The van der Waals surface area contributed by atoms with E-state index < -0.39 is 5.67 Å². The van der Waals surface area contributed by atoms with Crippen molar-refractivity contribution in [1.82, 2.24) is 10.2 Å². The Morgan fingerprint density at radius 3 is 3.00 bits per heavy atom. The number of aliphatic hydroxyl groups is 1. The predicted octanol–water partition coefficient (Wildman–Crippen LogP) is 0.145. The number of hydrogen-bond donors (Lipinski definition) is 2. The van der Waals surface area contributed by atoms with Crippen LogP contribution in [-0.4, -0.2) is 54.5 Å². The van der Waals surface area contributed by atoms with E-state index in [0.717, 1.165) is 26.1 Å². The molecule has 2 heterocycles. The van der Waals surface area contributed by atoms with Crippen LogP contribution < -0.4 is 5.32 Å². The highest BCUT2D eigenvalue weighted by Crippen LogP contribution is 2.27. The van der Waals surface area contributed by atoms with Crippen LogP contribution in [-0.2, 0) is 0 Å². The number of aliphatic hydroxyl groups excluding tert-OH is 1. The summed E-state index contributed by atoms with van der Waals surface area (Å²) in [6.07, 6.45) is 2.83. The summed E-state index contributed by atoms with van der Waals surface area (Å²) in [4.78, 5) is 2.18. The molecule has 0 aromatic rings. The Bertz CT molecular complexity index is 197. The van der Waals surface area contributed by atoms with Crippen LogP contribution in [0.1, 0.15) is 19.3 Å². The molecule has 3 nitrogen and oxygen atoms in total. The Hall–Kier alpha value is -0.190. The number of likely N-dealkylation sites (tertiary alicyclic amines) is 1. The number of alkyl halides is 1. The number of rotatable bonds is 2. The summed E-state index contributed by atoms with van der Waals surface area (Å²) in [5.41, 5.74) is -1.34. The van der Waals surface area contributed by atoms with Crippen LogP contribution >= 0.6 is 0 Å². The quantitative estimate of drug-likeness (QED) is 0.669. The van der Waals surface area contributed by atoms with Crippen molar-refractivity contribution in [3.05, 3.63) is 0 Å². The van der Waals surface area contributed by atoms with Crippen LogP contribution in [0.4, 0.5) is 4.39 Å². The SMILES string of the molecule is OCC1(F)CCN(C2CCCNC2)C1. The third-order valence-electron chi connectivity index (χ3n) is 3.40. The van der Waals surface area contributed by atoms with Crippen molar-refractivity contribution in [3.8, 4) is 0 Å². The summed E-state index contributed by atoms with van der Waals surface area (Å²) in [5.74, 6) is 0. The van der Waals surface area contributed by atoms with Crippen LogP contribution in [0.3, 0.4) is 0 Å². The molecule has 2 aliphatic rings. The topological polar surface area (TPSA) is 35.5 Å². The largest absolute Gasteiger partial charge is 0.393 e. The van der Waals surface area contributed by atoms with Gasteiger partial charge >= 0.3 is 0 Å². The van der Waals surface area contributed by atoms with Gasteiger partial charge in [-0.15, -0.1) is 0 Å². The number of hydrogen-bond acceptors (Lipinski definition) is 3. The monoisotopic (exact) mass is 202 g/mol. The van der Waals surface area contributed by atoms with E-state index in [4.69, 9.17) is 5.11 Å². The first-order valence-electron chi connectivity index (χ1n) is 5.48. The second kappa shape index (κ2) is 4.13. The van der Waals surface area contributed by atoms with Gasteiger partial charge in [0.05, 0.1) is 6.61 Å². The first kappa shape index (κ1) is 10.3. The van der Waals surface area contributed by atoms with E-state index in [9.17, 15) is 4.39 Å². The minimum absolute atomic E-state index is 0.330. The molecule has 0 aromatic heterocycles. The third kappa shape index (κ3) is 2.07. The van der Waals surface area contributed by atoms with E-state index in [1.807, 2.05) is 0 Å². The molecule has 2 atom stereocenters. The zero-order valence-corrected chi connectivity index (χ0v) is 8.51. The summed E-state index contributed by atoms with van der Waals surface area (Å²) >= 11 is 0. The predicted molar refractivity (Wildman–Crippen MR) is 53.0 cm³/mol. The smallest absolute Gasteiger partial charge is 0.147 e. The Kier molecular flexibility index (Phi) is 3.04. The fraction of sp³-hybridized carbons (Fsp3) is 1.00. The van der Waals surface area contributed by atoms with Crippen molar-refractivity contribution in [2.75, 3.05) is 32.8 Å². The van der Waals surface area contributed by atoms with Crippen LogP contribution in [0.5, 0.6) is 0 Å². The standard InChI is InChI=1S/C10H19FN2O/c11-10(8-14)3-5-13(7-10)9-2-1-4-12-6-9/h9,12,14H,1-8H2. The first-order valence-corrected chi connectivity index (χ1v) is 5.48. The van der Waals surface area contributed by atoms with Gasteiger partial charge in [-0.3, -0.25) is 4.90 Å². The summed E-state index contributed by atoms with van der Waals surface area (Å²) < 4.78 is 13.7. The van der Waals surface area contributed by atoms with E-state index >= 15 is 0 Å². The van der Waals surface area contributed by atoms with Gasteiger partial charge in [-0.25, -0.2) is 4.39 Å². The molecule has 2 fully saturated rings. The zero-order chi connectivity index (χ0) is 10.0. The summed E-state index contributed by atoms with van der Waals surface area (Å²) in [7, 11) is 0. The Labute approximate surface area is 84.3 Å². The van der Waals surface area contributed by atoms with E-state index in [1.54, 1.807) is 0 Å². The summed E-state index contributed by atoms with van der Waals surface area (Å²) in [5, 5.41) is 12.3. The Morgan fingerprint density at radius 2 is 2.43 bits per heavy atom. The van der Waals surface area contributed by atoms with Gasteiger partial charge in [0.2, 0.25) is 0 Å². The number of nitrogens with one attached hydrogen (secondary N) is 1. The molecule has 2 aliphatic heterocycles. The van der Waals surface area contributed by atoms with E-state index in [-0.39, 0.29) is 6.61 Å². The van der Waals surface area contributed by atoms with E-state index in [2.05, 4.69) is 10.2 Å². The van der Waals surface area contributed by atoms with Crippen molar-refractivity contribution in [1.29, 1.82) is 0 Å². The maximum absolute atomic E-state index is 13.7. The average molecular weight is 202 g/mol. The second-order valence-electron chi connectivity index (χ2n) is 4.53. The second-order valence-corrected chi connectivity index (χ2v) is 4.53. The molecule has 0 aromatic carbocycles. The van der Waals surface area contributed by atoms with Crippen LogP contribution in [0.25, 0.3) is 0 Å². The zero-order valence-electron chi connectivity index (χ0n) is 8.51. The minimum atomic E-state index is -1.34. The number of halogens is 1. The molecule has 2 unspecified atom stereocenters. The average Bonchev–Trinajstić information content (AvgIpc) is 2.63. The highest BCUT2D eigenvalue weighted by Gasteiger charge is 2.40. The summed E-state index contributed by atoms with van der Waals surface area (Å²) in [6, 6.07) is 0.480. The fourth-order valence-electron chi connectivity index (χ4n) is 2.45. The molecule has 0 aliphatic carbocycles. The van der Waals surface area contributed by atoms with Gasteiger partial charge in [-0.05, 0) is 25.8 Å². The van der Waals surface area contributed by atoms with Crippen molar-refractivity contribution >= 4 is 0 Å². The molecule has 0 bridgehead atoms. The molecule has 2 rings (SSSR count). The maximum Gasteiger partial charge on any atom is 0.147 e. The molecule has 0 radical (unpaired) electrons. The lowest BCUT2D eigenvalue weighted by atomic mass is 10.1. The third-order valence-corrected chi connectivity index (χ3v) is 3.40.